The summed E-state index contributed by atoms with van der Waals surface area (Å²) in [6.45, 7) is 2.70. The molecule has 3 saturated heterocycles. The maximum Gasteiger partial charge on any atom is 0.452 e. The van der Waals surface area contributed by atoms with Crippen molar-refractivity contribution in [2.75, 3.05) is 19.6 Å². The van der Waals surface area contributed by atoms with E-state index in [9.17, 15) is 18.0 Å². The van der Waals surface area contributed by atoms with Crippen LogP contribution in [0.5, 0.6) is 0 Å². The zero-order valence-corrected chi connectivity index (χ0v) is 17.1. The summed E-state index contributed by atoms with van der Waals surface area (Å²) in [5.41, 5.74) is 3.50. The van der Waals surface area contributed by atoms with E-state index in [-0.39, 0.29) is 12.4 Å². The van der Waals surface area contributed by atoms with Crippen molar-refractivity contribution in [1.82, 2.24) is 5.43 Å². The van der Waals surface area contributed by atoms with Crippen LogP contribution >= 0.6 is 0 Å². The number of alkyl halides is 3. The molecule has 8 heteroatoms. The molecule has 0 aromatic heterocycles. The molecule has 0 aliphatic carbocycles. The third-order valence-electron chi connectivity index (χ3n) is 6.09. The Morgan fingerprint density at radius 2 is 1.47 bits per heavy atom. The van der Waals surface area contributed by atoms with E-state index >= 15 is 0 Å². The fourth-order valence-corrected chi connectivity index (χ4v) is 4.36. The molecule has 3 heterocycles. The lowest BCUT2D eigenvalue weighted by molar-refractivity contribution is -0.975. The molecule has 3 aliphatic rings. The van der Waals surface area contributed by atoms with Gasteiger partial charge in [0.25, 0.3) is 0 Å². The van der Waals surface area contributed by atoms with E-state index in [2.05, 4.69) is 5.43 Å². The van der Waals surface area contributed by atoms with Gasteiger partial charge in [0.05, 0.1) is 5.56 Å². The van der Waals surface area contributed by atoms with Crippen LogP contribution in [0.1, 0.15) is 42.1 Å². The van der Waals surface area contributed by atoms with E-state index in [1.165, 1.54) is 12.1 Å². The van der Waals surface area contributed by atoms with Crippen LogP contribution in [0.3, 0.4) is 0 Å². The maximum absolute atomic E-state index is 12.9. The number of hydrogen-bond donors (Lipinski definition) is 1. The Balaban J connectivity index is 0.00000256. The van der Waals surface area contributed by atoms with Crippen molar-refractivity contribution in [2.24, 2.45) is 5.92 Å². The van der Waals surface area contributed by atoms with Gasteiger partial charge in [0, 0.05) is 19.3 Å². The van der Waals surface area contributed by atoms with Crippen LogP contribution in [0.4, 0.5) is 18.0 Å². The summed E-state index contributed by atoms with van der Waals surface area (Å²) in [5, 5.41) is 0. The first-order valence-corrected chi connectivity index (χ1v) is 9.92. The van der Waals surface area contributed by atoms with Crippen LogP contribution in [-0.4, -0.2) is 30.3 Å². The first-order valence-electron chi connectivity index (χ1n) is 9.92. The molecule has 0 radical (unpaired) electrons. The minimum absolute atomic E-state index is 0. The van der Waals surface area contributed by atoms with E-state index in [0.29, 0.717) is 15.7 Å². The van der Waals surface area contributed by atoms with Crippen molar-refractivity contribution in [3.8, 4) is 0 Å². The molecule has 162 valence electrons. The Bertz CT molecular complexity index is 837. The highest BCUT2D eigenvalue weighted by atomic mass is 35.5. The third-order valence-corrected chi connectivity index (χ3v) is 6.09. The standard InChI is InChI=1S/C22H23F3N2O2.ClH/c23-22(24,25)19-8-6-18(7-9-19)20(17-4-2-1-3-5-17)29-21(28)26-27-13-10-16(11-14-27)12-15-27;/h1-9,16,20H,10-15H2;1H. The number of carbonyl (C=O) groups excluding carboxylic acids is 1. The van der Waals surface area contributed by atoms with Gasteiger partial charge < -0.3 is 17.1 Å². The van der Waals surface area contributed by atoms with Gasteiger partial charge in [-0.05, 0) is 29.2 Å². The van der Waals surface area contributed by atoms with Gasteiger partial charge in [0.2, 0.25) is 0 Å². The molecule has 1 N–H and O–H groups in total. The second-order valence-electron chi connectivity index (χ2n) is 7.98. The van der Waals surface area contributed by atoms with E-state index in [1.807, 2.05) is 18.2 Å². The van der Waals surface area contributed by atoms with Crippen molar-refractivity contribution in [1.29, 1.82) is 0 Å². The van der Waals surface area contributed by atoms with Gasteiger partial charge in [-0.1, -0.05) is 42.5 Å². The quantitative estimate of drug-likeness (QED) is 0.739. The lowest BCUT2D eigenvalue weighted by atomic mass is 9.87. The van der Waals surface area contributed by atoms with Gasteiger partial charge >= 0.3 is 12.3 Å². The second-order valence-corrected chi connectivity index (χ2v) is 7.98. The van der Waals surface area contributed by atoms with Crippen LogP contribution in [0.25, 0.3) is 0 Å². The molecule has 0 saturated carbocycles. The van der Waals surface area contributed by atoms with Gasteiger partial charge in [-0.25, -0.2) is 9.39 Å². The average Bonchev–Trinajstić information content (AvgIpc) is 2.73. The third kappa shape index (κ3) is 4.90. The van der Waals surface area contributed by atoms with Crippen molar-refractivity contribution in [3.05, 3.63) is 71.3 Å². The van der Waals surface area contributed by atoms with Gasteiger partial charge in [-0.2, -0.15) is 18.6 Å². The van der Waals surface area contributed by atoms with Crippen molar-refractivity contribution < 1.29 is 39.7 Å². The zero-order valence-electron chi connectivity index (χ0n) is 16.4. The molecule has 1 unspecified atom stereocenters. The summed E-state index contributed by atoms with van der Waals surface area (Å²) in [6.07, 6.45) is -2.43. The van der Waals surface area contributed by atoms with Gasteiger partial charge in [0.1, 0.15) is 19.6 Å². The molecule has 5 rings (SSSR count). The second kappa shape index (κ2) is 8.86. The molecular formula is C22H24ClF3N2O2. The highest BCUT2D eigenvalue weighted by Crippen LogP contribution is 2.34. The number of ether oxygens (including phenoxy) is 1. The first kappa shape index (κ1) is 22.4. The van der Waals surface area contributed by atoms with Crippen LogP contribution in [0.15, 0.2) is 54.6 Å². The topological polar surface area (TPSA) is 38.3 Å². The SMILES string of the molecule is O=C(N[N+]12CCC(CC1)CC2)OC(c1ccccc1)c1ccc(C(F)(F)F)cc1.[Cl-]. The van der Waals surface area contributed by atoms with E-state index in [1.54, 1.807) is 12.1 Å². The lowest BCUT2D eigenvalue weighted by Gasteiger charge is -2.47. The summed E-state index contributed by atoms with van der Waals surface area (Å²) in [4.78, 5) is 12.7. The fraction of sp³-hybridized carbons (Fsp3) is 0.409. The van der Waals surface area contributed by atoms with E-state index in [4.69, 9.17) is 4.74 Å². The molecule has 30 heavy (non-hydrogen) atoms. The van der Waals surface area contributed by atoms with Gasteiger partial charge in [-0.3, -0.25) is 0 Å². The molecule has 4 nitrogen and oxygen atoms in total. The number of nitrogens with zero attached hydrogens (tertiary/aromatic N) is 1. The average molecular weight is 441 g/mol. The number of halogens is 4. The highest BCUT2D eigenvalue weighted by Gasteiger charge is 2.42. The van der Waals surface area contributed by atoms with Crippen molar-refractivity contribution >= 4 is 6.09 Å². The number of carbonyl (C=O) groups is 1. The molecule has 3 aliphatic heterocycles. The van der Waals surface area contributed by atoms with Crippen LogP contribution in [0.2, 0.25) is 0 Å². The van der Waals surface area contributed by atoms with Crippen LogP contribution in [0, 0.1) is 5.92 Å². The molecule has 2 aromatic rings. The predicted molar refractivity (Wildman–Crippen MR) is 102 cm³/mol. The van der Waals surface area contributed by atoms with Gasteiger partial charge in [0.15, 0.2) is 6.10 Å². The normalized spacial score (nSPS) is 23.9. The van der Waals surface area contributed by atoms with Gasteiger partial charge in [-0.15, -0.1) is 0 Å². The number of amides is 1. The molecular weight excluding hydrogens is 417 g/mol. The number of hydrogen-bond acceptors (Lipinski definition) is 2. The Morgan fingerprint density at radius 1 is 0.933 bits per heavy atom. The number of rotatable bonds is 4. The zero-order chi connectivity index (χ0) is 20.5. The Morgan fingerprint density at radius 3 is 2.00 bits per heavy atom. The number of fused-ring (bicyclic) bond motifs is 3. The number of benzene rings is 2. The summed E-state index contributed by atoms with van der Waals surface area (Å²) < 4.78 is 45.0. The summed E-state index contributed by atoms with van der Waals surface area (Å²) >= 11 is 0. The molecule has 1 atom stereocenters. The molecule has 0 spiro atoms. The van der Waals surface area contributed by atoms with Crippen LogP contribution < -0.4 is 17.8 Å². The van der Waals surface area contributed by atoms with Crippen molar-refractivity contribution in [3.63, 3.8) is 0 Å². The molecule has 3 fully saturated rings. The molecule has 2 bridgehead atoms. The van der Waals surface area contributed by atoms with E-state index < -0.39 is 23.9 Å². The first-order chi connectivity index (χ1) is 13.8. The van der Waals surface area contributed by atoms with Crippen LogP contribution in [-0.2, 0) is 10.9 Å². The summed E-state index contributed by atoms with van der Waals surface area (Å²) in [7, 11) is 0. The Hall–Kier alpha value is -2.25. The predicted octanol–water partition coefficient (Wildman–Crippen LogP) is 2.07. The summed E-state index contributed by atoms with van der Waals surface area (Å²) in [5.74, 6) is 0.761. The highest BCUT2D eigenvalue weighted by molar-refractivity contribution is 5.66. The van der Waals surface area contributed by atoms with E-state index in [0.717, 1.165) is 56.9 Å². The Kier molecular flexibility index (Phi) is 6.62. The minimum Gasteiger partial charge on any atom is -1.00 e. The number of piperidine rings is 3. The summed E-state index contributed by atoms with van der Waals surface area (Å²) in [6, 6.07) is 13.8. The number of nitrogens with one attached hydrogen (secondary N) is 1. The molecule has 1 amide bonds. The fourth-order valence-electron chi connectivity index (χ4n) is 4.36. The molecule has 2 aromatic carbocycles. The largest absolute Gasteiger partial charge is 1.00 e. The smallest absolute Gasteiger partial charge is 0.452 e. The monoisotopic (exact) mass is 440 g/mol. The number of quaternary nitrogens is 1. The van der Waals surface area contributed by atoms with Crippen molar-refractivity contribution in [2.45, 2.75) is 31.5 Å². The minimum atomic E-state index is -4.41. The maximum atomic E-state index is 12.9. The lowest BCUT2D eigenvalue weighted by Crippen LogP contribution is -3.00. The Labute approximate surface area is 180 Å².